The van der Waals surface area contributed by atoms with Crippen molar-refractivity contribution in [3.05, 3.63) is 102 Å². The van der Waals surface area contributed by atoms with Crippen molar-refractivity contribution in [2.45, 2.75) is 74.8 Å². The molecule has 0 unspecified atom stereocenters. The molecule has 0 radical (unpaired) electrons. The summed E-state index contributed by atoms with van der Waals surface area (Å²) in [4.78, 5) is 52.6. The molecule has 28 heteroatoms. The van der Waals surface area contributed by atoms with Crippen molar-refractivity contribution in [1.82, 2.24) is 58.9 Å². The molecule has 2 aromatic carbocycles. The Morgan fingerprint density at radius 3 is 1.68 bits per heavy atom. The number of hydrogen-bond donors (Lipinski definition) is 5. The van der Waals surface area contributed by atoms with Gasteiger partial charge in [-0.15, -0.1) is 10.2 Å². The fourth-order valence-corrected chi connectivity index (χ4v) is 8.72. The molecule has 0 bridgehead atoms. The van der Waals surface area contributed by atoms with E-state index in [1.807, 2.05) is 58.3 Å². The summed E-state index contributed by atoms with van der Waals surface area (Å²) >= 11 is 0. The van der Waals surface area contributed by atoms with Crippen molar-refractivity contribution >= 4 is 56.6 Å². The minimum Gasteiger partial charge on any atom is -0.461 e. The molecule has 0 aliphatic carbocycles. The van der Waals surface area contributed by atoms with Gasteiger partial charge in [0.25, 0.3) is 28.6 Å². The third kappa shape index (κ3) is 15.8. The number of sulfone groups is 1. The Balaban J connectivity index is 0.000000167. The van der Waals surface area contributed by atoms with Crippen molar-refractivity contribution in [3.63, 3.8) is 0 Å². The highest BCUT2D eigenvalue weighted by Crippen LogP contribution is 2.29. The van der Waals surface area contributed by atoms with Gasteiger partial charge in [-0.2, -0.15) is 38.9 Å². The number of anilines is 4. The number of likely N-dealkylation sites (tertiary alicyclic amines) is 2. The van der Waals surface area contributed by atoms with Crippen molar-refractivity contribution in [1.29, 1.82) is 0 Å². The summed E-state index contributed by atoms with van der Waals surface area (Å²) in [5.74, 6) is -2.78. The molecule has 0 atom stereocenters. The summed E-state index contributed by atoms with van der Waals surface area (Å²) in [6, 6.07) is 22.3. The fraction of sp³-hybridized carbons (Fsp3) is 0.400. The third-order valence-electron chi connectivity index (χ3n) is 12.6. The molecule has 78 heavy (non-hydrogen) atoms. The molecule has 23 nitrogen and oxygen atoms in total. The van der Waals surface area contributed by atoms with Gasteiger partial charge in [-0.25, -0.2) is 26.0 Å². The molecule has 2 fully saturated rings. The number of hydrogen-bond acceptors (Lipinski definition) is 20. The van der Waals surface area contributed by atoms with Crippen molar-refractivity contribution in [3.8, 4) is 23.2 Å². The van der Waals surface area contributed by atoms with Crippen LogP contribution < -0.4 is 27.8 Å². The lowest BCUT2D eigenvalue weighted by Crippen LogP contribution is -2.40. The van der Waals surface area contributed by atoms with E-state index in [0.717, 1.165) is 39.6 Å². The van der Waals surface area contributed by atoms with Gasteiger partial charge >= 0.3 is 0 Å². The molecule has 2 saturated heterocycles. The smallest absolute Gasteiger partial charge is 0.259 e. The van der Waals surface area contributed by atoms with Gasteiger partial charge < -0.3 is 46.5 Å². The molecule has 6 aromatic heterocycles. The monoisotopic (exact) mass is 1100 g/mol. The predicted molar refractivity (Wildman–Crippen MR) is 280 cm³/mol. The number of nitrogen functional groups attached to an aromatic ring is 2. The number of amides is 1. The second-order valence-electron chi connectivity index (χ2n) is 18.7. The van der Waals surface area contributed by atoms with E-state index in [9.17, 15) is 35.6 Å². The minimum atomic E-state index is -3.57. The number of carbonyl (C=O) groups is 2. The number of carbonyl (C=O) groups excluding carboxylic acids is 2. The number of nitrogens with zero attached hydrogens (tertiary/aromatic N) is 12. The van der Waals surface area contributed by atoms with Crippen LogP contribution in [0.5, 0.6) is 0 Å². The quantitative estimate of drug-likeness (QED) is 0.0684. The van der Waals surface area contributed by atoms with Crippen molar-refractivity contribution < 1.29 is 44.4 Å². The Morgan fingerprint density at radius 1 is 0.654 bits per heavy atom. The number of Topliss-reactive ketones (excluding diaryl/α,β-unsaturated/α-hetero) is 1. The summed E-state index contributed by atoms with van der Waals surface area (Å²) in [7, 11) is -3.57. The number of alkyl halides is 4. The molecule has 414 valence electrons. The van der Waals surface area contributed by atoms with E-state index < -0.39 is 26.8 Å². The maximum Gasteiger partial charge on any atom is 0.259 e. The van der Waals surface area contributed by atoms with Crippen LogP contribution in [0.25, 0.3) is 34.7 Å². The first-order chi connectivity index (χ1) is 37.3. The summed E-state index contributed by atoms with van der Waals surface area (Å²) in [5, 5.41) is 13.9. The Bertz CT molecular complexity index is 3360. The molecule has 2 aliphatic rings. The predicted octanol–water partition coefficient (Wildman–Crippen LogP) is 5.26. The number of halogens is 4. The van der Waals surface area contributed by atoms with E-state index in [0.29, 0.717) is 107 Å². The van der Waals surface area contributed by atoms with E-state index in [4.69, 9.17) is 26.0 Å². The molecular weight excluding hydrogens is 1040 g/mol. The maximum absolute atomic E-state index is 13.3. The van der Waals surface area contributed by atoms with Crippen LogP contribution in [0.2, 0.25) is 0 Å². The Hall–Kier alpha value is -7.95. The Labute approximate surface area is 445 Å². The van der Waals surface area contributed by atoms with Crippen LogP contribution in [-0.2, 0) is 38.7 Å². The molecule has 8 heterocycles. The van der Waals surface area contributed by atoms with Crippen LogP contribution in [0.15, 0.2) is 99.3 Å². The third-order valence-corrected chi connectivity index (χ3v) is 13.4. The van der Waals surface area contributed by atoms with Crippen LogP contribution in [0.4, 0.5) is 41.1 Å². The molecule has 0 saturated carbocycles. The van der Waals surface area contributed by atoms with E-state index in [1.165, 1.54) is 17.0 Å². The number of benzene rings is 2. The van der Waals surface area contributed by atoms with Crippen LogP contribution in [0.3, 0.4) is 0 Å². The first-order valence-electron chi connectivity index (χ1n) is 25.0. The van der Waals surface area contributed by atoms with Gasteiger partial charge in [-0.1, -0.05) is 36.4 Å². The number of ketones is 1. The lowest BCUT2D eigenvalue weighted by atomic mass is 10.0. The lowest BCUT2D eigenvalue weighted by Gasteiger charge is -2.31. The van der Waals surface area contributed by atoms with E-state index >= 15 is 0 Å². The summed E-state index contributed by atoms with van der Waals surface area (Å²) in [6.07, 6.45) is 6.08. The average Bonchev–Trinajstić information content (AvgIpc) is 4.26. The summed E-state index contributed by atoms with van der Waals surface area (Å²) < 4.78 is 88.4. The number of fused-ring (bicyclic) bond motifs is 2. The Morgan fingerprint density at radius 2 is 1.15 bits per heavy atom. The number of nitrogens with one attached hydrogen (secondary N) is 2. The summed E-state index contributed by atoms with van der Waals surface area (Å²) in [6.45, 7) is 3.63. The second kappa shape index (κ2) is 25.0. The molecule has 8 N–H and O–H groups in total. The topological polar surface area (TPSA) is 315 Å². The lowest BCUT2D eigenvalue weighted by molar-refractivity contribution is -0.119. The standard InChI is InChI=1S/C25H28F2N8O2.C16H23F2N3O.C9H8N6O3S/c26-25(27)9-13-34(14-10-25)12-8-19(36)16-18-5-3-17(4-6-18)7-11-29-23-31-22(28)35-24(32-23)30-21(33-35)20-2-1-15-37-20;17-16(18)7-11-21(12-8-16)10-6-15(22)20-14-3-1-13(2-4-14)5-9-19;1-19(16,17)9-12-7(10)15-8(13-9)11-6(14-15)5-3-2-4-18-5/h1-6,15H,7-14,16H2,(H3,28,29,30,31,32,33);1-4H,5-12,19H2,(H,20,22);2-4H,1H3,(H2,10,11,12,13,14). The molecule has 2 aliphatic heterocycles. The van der Waals surface area contributed by atoms with Crippen molar-refractivity contribution in [2.75, 3.05) is 80.7 Å². The summed E-state index contributed by atoms with van der Waals surface area (Å²) in [5.41, 5.74) is 21.0. The van der Waals surface area contributed by atoms with Gasteiger partial charge in [0, 0.05) is 103 Å². The molecule has 1 amide bonds. The fourth-order valence-electron chi connectivity index (χ4n) is 8.21. The number of rotatable bonds is 18. The van der Waals surface area contributed by atoms with Crippen LogP contribution >= 0.6 is 0 Å². The van der Waals surface area contributed by atoms with Crippen LogP contribution in [0.1, 0.15) is 55.2 Å². The van der Waals surface area contributed by atoms with Crippen molar-refractivity contribution in [2.24, 2.45) is 5.73 Å². The minimum absolute atomic E-state index is 0.0410. The highest BCUT2D eigenvalue weighted by molar-refractivity contribution is 7.90. The molecule has 0 spiro atoms. The van der Waals surface area contributed by atoms with Gasteiger partial charge in [0.05, 0.1) is 12.5 Å². The van der Waals surface area contributed by atoms with Gasteiger partial charge in [0.2, 0.25) is 45.2 Å². The van der Waals surface area contributed by atoms with E-state index in [-0.39, 0.29) is 60.9 Å². The van der Waals surface area contributed by atoms with Gasteiger partial charge in [-0.05, 0) is 72.5 Å². The second-order valence-corrected chi connectivity index (χ2v) is 20.6. The number of piperidine rings is 2. The molecule has 10 rings (SSSR count). The van der Waals surface area contributed by atoms with Crippen LogP contribution in [0, 0.1) is 0 Å². The normalized spacial score (nSPS) is 15.5. The zero-order valence-electron chi connectivity index (χ0n) is 42.6. The van der Waals surface area contributed by atoms with E-state index in [1.54, 1.807) is 24.3 Å². The van der Waals surface area contributed by atoms with Gasteiger partial charge in [-0.3, -0.25) is 9.59 Å². The number of nitrogens with two attached hydrogens (primary N) is 3. The zero-order valence-corrected chi connectivity index (χ0v) is 43.4. The zero-order chi connectivity index (χ0) is 55.5. The van der Waals surface area contributed by atoms with Crippen LogP contribution in [-0.4, -0.2) is 149 Å². The Kier molecular flexibility index (Phi) is 18.0. The maximum atomic E-state index is 13.3. The molecule has 8 aromatic rings. The van der Waals surface area contributed by atoms with Gasteiger partial charge in [0.15, 0.2) is 11.5 Å². The number of aromatic nitrogens is 10. The first-order valence-corrected chi connectivity index (χ1v) is 26.9. The van der Waals surface area contributed by atoms with Gasteiger partial charge in [0.1, 0.15) is 5.78 Å². The SMILES string of the molecule is CS(=O)(=O)c1nc(N)n2nc(-c3ccco3)nc2n1.NCCc1ccc(NC(=O)CCN2CCC(F)(F)CC2)cc1.Nc1nc(NCCc2ccc(CC(=O)CCN3CCC(F)(F)CC3)cc2)nc2nc(-c3ccco3)nn12. The first kappa shape index (κ1) is 56.3. The van der Waals surface area contributed by atoms with E-state index in [2.05, 4.69) is 50.7 Å². The number of furan rings is 2. The largest absolute Gasteiger partial charge is 0.461 e. The average molecular weight is 1100 g/mol. The highest BCUT2D eigenvalue weighted by Gasteiger charge is 2.35. The highest BCUT2D eigenvalue weighted by atomic mass is 32.2. The molecular formula is C50H59F4N17O6S.